The van der Waals surface area contributed by atoms with E-state index in [0.717, 1.165) is 5.56 Å². The number of benzene rings is 2. The third kappa shape index (κ3) is 3.14. The van der Waals surface area contributed by atoms with Crippen LogP contribution < -0.4 is 0 Å². The van der Waals surface area contributed by atoms with Crippen molar-refractivity contribution in [2.45, 2.75) is 25.5 Å². The van der Waals surface area contributed by atoms with Crippen molar-refractivity contribution in [3.63, 3.8) is 0 Å². The molecule has 0 radical (unpaired) electrons. The molecule has 1 heterocycles. The lowest BCUT2D eigenvalue weighted by Gasteiger charge is -2.31. The summed E-state index contributed by atoms with van der Waals surface area (Å²) in [6.07, 6.45) is 0.475. The van der Waals surface area contributed by atoms with Crippen molar-refractivity contribution in [3.8, 4) is 0 Å². The number of hydrogen-bond acceptors (Lipinski definition) is 3. The van der Waals surface area contributed by atoms with Gasteiger partial charge in [0, 0.05) is 22.7 Å². The lowest BCUT2D eigenvalue weighted by Crippen LogP contribution is -2.44. The maximum atomic E-state index is 12.6. The molecule has 4 nitrogen and oxygen atoms in total. The number of rotatable bonds is 3. The smallest absolute Gasteiger partial charge is 0.250 e. The summed E-state index contributed by atoms with van der Waals surface area (Å²) in [5, 5.41) is 17.1. The summed E-state index contributed by atoms with van der Waals surface area (Å²) in [5.41, 5.74) is 0.740. The third-order valence-electron chi connectivity index (χ3n) is 3.86. The van der Waals surface area contributed by atoms with Gasteiger partial charge in [0.05, 0.1) is 6.42 Å². The van der Waals surface area contributed by atoms with Crippen molar-refractivity contribution in [2.75, 3.05) is 0 Å². The Kier molecular flexibility index (Phi) is 4.20. The van der Waals surface area contributed by atoms with Gasteiger partial charge >= 0.3 is 0 Å². The van der Waals surface area contributed by atoms with E-state index in [0.29, 0.717) is 16.3 Å². The van der Waals surface area contributed by atoms with Crippen LogP contribution in [0, 0.1) is 0 Å². The van der Waals surface area contributed by atoms with Crippen molar-refractivity contribution >= 4 is 23.2 Å². The first kappa shape index (κ1) is 15.7. The van der Waals surface area contributed by atoms with E-state index in [-0.39, 0.29) is 18.7 Å². The molecule has 1 N–H and O–H groups in total. The molecule has 3 rings (SSSR count). The Bertz CT molecular complexity index is 743. The van der Waals surface area contributed by atoms with E-state index in [1.165, 1.54) is 5.01 Å². The van der Waals surface area contributed by atoms with Crippen LogP contribution in [0.5, 0.6) is 0 Å². The molecule has 23 heavy (non-hydrogen) atoms. The van der Waals surface area contributed by atoms with Crippen molar-refractivity contribution in [2.24, 2.45) is 5.10 Å². The second-order valence-corrected chi connectivity index (χ2v) is 6.14. The van der Waals surface area contributed by atoms with Gasteiger partial charge in [0.15, 0.2) is 5.72 Å². The molecule has 118 valence electrons. The van der Waals surface area contributed by atoms with Gasteiger partial charge in [-0.1, -0.05) is 54.1 Å². The second-order valence-electron chi connectivity index (χ2n) is 5.70. The Morgan fingerprint density at radius 3 is 2.52 bits per heavy atom. The zero-order valence-corrected chi connectivity index (χ0v) is 13.5. The number of carbonyl (C=O) groups is 1. The number of nitrogens with zero attached hydrogens (tertiary/aromatic N) is 2. The monoisotopic (exact) mass is 328 g/mol. The Morgan fingerprint density at radius 2 is 1.87 bits per heavy atom. The highest BCUT2D eigenvalue weighted by molar-refractivity contribution is 6.30. The van der Waals surface area contributed by atoms with E-state index in [1.54, 1.807) is 31.2 Å². The first-order chi connectivity index (χ1) is 11.0. The van der Waals surface area contributed by atoms with E-state index in [9.17, 15) is 9.90 Å². The number of hydrogen-bond donors (Lipinski definition) is 1. The molecule has 0 saturated carbocycles. The predicted octanol–water partition coefficient (Wildman–Crippen LogP) is 3.34. The summed E-state index contributed by atoms with van der Waals surface area (Å²) in [6, 6.07) is 16.3. The number of hydrazone groups is 1. The van der Waals surface area contributed by atoms with E-state index >= 15 is 0 Å². The van der Waals surface area contributed by atoms with E-state index in [4.69, 9.17) is 11.6 Å². The SMILES string of the molecule is CC1=NN(C(=O)Cc2ccccc2)C(O)(c2ccc(Cl)cc2)C1. The van der Waals surface area contributed by atoms with Crippen LogP contribution >= 0.6 is 11.6 Å². The zero-order chi connectivity index (χ0) is 16.4. The molecule has 5 heteroatoms. The Hall–Kier alpha value is -2.17. The minimum Gasteiger partial charge on any atom is -0.365 e. The first-order valence-electron chi connectivity index (χ1n) is 7.38. The summed E-state index contributed by atoms with van der Waals surface area (Å²) in [6.45, 7) is 1.80. The molecular formula is C18H17ClN2O2. The fourth-order valence-electron chi connectivity index (χ4n) is 2.77. The Labute approximate surface area is 140 Å². The van der Waals surface area contributed by atoms with Crippen LogP contribution in [0.4, 0.5) is 0 Å². The van der Waals surface area contributed by atoms with E-state index < -0.39 is 5.72 Å². The topological polar surface area (TPSA) is 52.9 Å². The molecule has 0 spiro atoms. The molecule has 1 aliphatic rings. The lowest BCUT2D eigenvalue weighted by molar-refractivity contribution is -0.157. The average molecular weight is 329 g/mol. The summed E-state index contributed by atoms with van der Waals surface area (Å²) < 4.78 is 0. The van der Waals surface area contributed by atoms with Crippen LogP contribution in [0.15, 0.2) is 59.7 Å². The minimum absolute atomic E-state index is 0.188. The van der Waals surface area contributed by atoms with Gasteiger partial charge in [-0.25, -0.2) is 0 Å². The molecule has 1 unspecified atom stereocenters. The molecule has 0 bridgehead atoms. The quantitative estimate of drug-likeness (QED) is 0.939. The number of amides is 1. The second kappa shape index (κ2) is 6.14. The maximum Gasteiger partial charge on any atom is 0.250 e. The molecular weight excluding hydrogens is 312 g/mol. The fourth-order valence-corrected chi connectivity index (χ4v) is 2.89. The predicted molar refractivity (Wildman–Crippen MR) is 90.1 cm³/mol. The third-order valence-corrected chi connectivity index (χ3v) is 4.12. The molecule has 1 atom stereocenters. The van der Waals surface area contributed by atoms with Gasteiger partial charge in [0.25, 0.3) is 0 Å². The van der Waals surface area contributed by atoms with Crippen LogP contribution in [0.1, 0.15) is 24.5 Å². The van der Waals surface area contributed by atoms with Gasteiger partial charge in [-0.2, -0.15) is 10.1 Å². The highest BCUT2D eigenvalue weighted by atomic mass is 35.5. The molecule has 0 saturated heterocycles. The van der Waals surface area contributed by atoms with Crippen LogP contribution in [-0.4, -0.2) is 21.7 Å². The van der Waals surface area contributed by atoms with Crippen LogP contribution in [0.3, 0.4) is 0 Å². The van der Waals surface area contributed by atoms with Crippen molar-refractivity contribution in [1.29, 1.82) is 0 Å². The highest BCUT2D eigenvalue weighted by Gasteiger charge is 2.44. The molecule has 1 amide bonds. The zero-order valence-electron chi connectivity index (χ0n) is 12.7. The Morgan fingerprint density at radius 1 is 1.22 bits per heavy atom. The lowest BCUT2D eigenvalue weighted by atomic mass is 9.97. The van der Waals surface area contributed by atoms with Crippen molar-refractivity contribution < 1.29 is 9.90 Å². The summed E-state index contributed by atoms with van der Waals surface area (Å²) in [4.78, 5) is 12.6. The van der Waals surface area contributed by atoms with Gasteiger partial charge in [-0.15, -0.1) is 0 Å². The van der Waals surface area contributed by atoms with Crippen LogP contribution in [0.2, 0.25) is 5.02 Å². The van der Waals surface area contributed by atoms with Crippen LogP contribution in [-0.2, 0) is 16.9 Å². The molecule has 0 fully saturated rings. The summed E-state index contributed by atoms with van der Waals surface area (Å²) in [5.74, 6) is -0.245. The normalized spacial score (nSPS) is 20.5. The molecule has 1 aliphatic heterocycles. The maximum absolute atomic E-state index is 12.6. The summed E-state index contributed by atoms with van der Waals surface area (Å²) in [7, 11) is 0. The Balaban J connectivity index is 1.89. The molecule has 0 aliphatic carbocycles. The number of aliphatic hydroxyl groups is 1. The van der Waals surface area contributed by atoms with Gasteiger partial charge in [-0.3, -0.25) is 4.79 Å². The van der Waals surface area contributed by atoms with Crippen LogP contribution in [0.25, 0.3) is 0 Å². The van der Waals surface area contributed by atoms with Crippen molar-refractivity contribution in [1.82, 2.24) is 5.01 Å². The number of carbonyl (C=O) groups excluding carboxylic acids is 1. The largest absolute Gasteiger partial charge is 0.365 e. The minimum atomic E-state index is -1.46. The molecule has 2 aromatic rings. The number of halogens is 1. The molecule has 0 aromatic heterocycles. The molecule has 2 aromatic carbocycles. The van der Waals surface area contributed by atoms with Crippen molar-refractivity contribution in [3.05, 3.63) is 70.7 Å². The van der Waals surface area contributed by atoms with Gasteiger partial charge in [0.2, 0.25) is 5.91 Å². The van der Waals surface area contributed by atoms with E-state index in [2.05, 4.69) is 5.10 Å². The van der Waals surface area contributed by atoms with Gasteiger partial charge in [0.1, 0.15) is 0 Å². The van der Waals surface area contributed by atoms with Gasteiger partial charge < -0.3 is 5.11 Å². The van der Waals surface area contributed by atoms with E-state index in [1.807, 2.05) is 30.3 Å². The van der Waals surface area contributed by atoms with Gasteiger partial charge in [-0.05, 0) is 24.6 Å². The average Bonchev–Trinajstić information content (AvgIpc) is 2.85. The highest BCUT2D eigenvalue weighted by Crippen LogP contribution is 2.36. The standard InChI is InChI=1S/C18H17ClN2O2/c1-13-12-18(23,15-7-9-16(19)10-8-15)21(20-13)17(22)11-14-5-3-2-4-6-14/h2-10,23H,11-12H2,1H3. The first-order valence-corrected chi connectivity index (χ1v) is 7.76. The fraction of sp³-hybridized carbons (Fsp3) is 0.222. The summed E-state index contributed by atoms with van der Waals surface area (Å²) >= 11 is 5.91.